The lowest BCUT2D eigenvalue weighted by atomic mass is 10.2. The highest BCUT2D eigenvalue weighted by atomic mass is 32.2. The van der Waals surface area contributed by atoms with E-state index in [1.165, 1.54) is 23.5 Å². The molecule has 134 valence electrons. The molecule has 0 saturated carbocycles. The van der Waals surface area contributed by atoms with Crippen molar-refractivity contribution < 1.29 is 17.5 Å². The van der Waals surface area contributed by atoms with Crippen molar-refractivity contribution in [3.8, 4) is 5.75 Å². The van der Waals surface area contributed by atoms with Crippen molar-refractivity contribution in [1.82, 2.24) is 5.32 Å². The van der Waals surface area contributed by atoms with Crippen molar-refractivity contribution in [2.75, 3.05) is 35.9 Å². The molecule has 0 atom stereocenters. The van der Waals surface area contributed by atoms with Crippen LogP contribution in [0.4, 0.5) is 21.5 Å². The molecule has 0 spiro atoms. The van der Waals surface area contributed by atoms with Crippen LogP contribution in [0.2, 0.25) is 0 Å². The topological polar surface area (TPSA) is 61.9 Å². The zero-order valence-electron chi connectivity index (χ0n) is 14.1. The van der Waals surface area contributed by atoms with E-state index in [0.717, 1.165) is 4.31 Å². The average molecular weight is 365 g/mol. The Balaban J connectivity index is 2.08. The number of anilines is 3. The van der Waals surface area contributed by atoms with Crippen LogP contribution in [0.1, 0.15) is 6.42 Å². The molecule has 0 bridgehead atoms. The van der Waals surface area contributed by atoms with Crippen LogP contribution in [0.5, 0.6) is 5.75 Å². The number of fused-ring (bicyclic) bond motifs is 1. The Morgan fingerprint density at radius 1 is 1.12 bits per heavy atom. The molecule has 6 nitrogen and oxygen atoms in total. The fourth-order valence-corrected chi connectivity index (χ4v) is 4.62. The van der Waals surface area contributed by atoms with Crippen LogP contribution in [-0.4, -0.2) is 35.7 Å². The van der Waals surface area contributed by atoms with Crippen LogP contribution in [0, 0.1) is 5.82 Å². The van der Waals surface area contributed by atoms with Gasteiger partial charge in [0.1, 0.15) is 5.75 Å². The number of ether oxygens (including phenoxy) is 1. The molecule has 25 heavy (non-hydrogen) atoms. The van der Waals surface area contributed by atoms with Gasteiger partial charge < -0.3 is 10.1 Å². The minimum atomic E-state index is -3.90. The Kier molecular flexibility index (Phi) is 4.82. The van der Waals surface area contributed by atoms with Crippen LogP contribution in [-0.2, 0) is 10.2 Å². The lowest BCUT2D eigenvalue weighted by Gasteiger charge is -2.22. The average Bonchev–Trinajstić information content (AvgIpc) is 2.82. The van der Waals surface area contributed by atoms with Gasteiger partial charge in [0, 0.05) is 12.6 Å². The van der Waals surface area contributed by atoms with Gasteiger partial charge in [-0.3, -0.25) is 4.31 Å². The van der Waals surface area contributed by atoms with Gasteiger partial charge in [-0.25, -0.2) is 8.70 Å². The zero-order valence-corrected chi connectivity index (χ0v) is 14.9. The van der Waals surface area contributed by atoms with Gasteiger partial charge in [0.25, 0.3) is 0 Å². The predicted molar refractivity (Wildman–Crippen MR) is 96.3 cm³/mol. The molecule has 0 saturated heterocycles. The summed E-state index contributed by atoms with van der Waals surface area (Å²) in [5, 5.41) is 3.00. The first-order valence-electron chi connectivity index (χ1n) is 7.91. The van der Waals surface area contributed by atoms with Crippen LogP contribution in [0.15, 0.2) is 42.5 Å². The number of hydrogen-bond acceptors (Lipinski definition) is 4. The van der Waals surface area contributed by atoms with Crippen molar-refractivity contribution in [1.29, 1.82) is 0 Å². The molecule has 0 fully saturated rings. The quantitative estimate of drug-likeness (QED) is 0.800. The van der Waals surface area contributed by atoms with Gasteiger partial charge in [0.05, 0.1) is 24.2 Å². The lowest BCUT2D eigenvalue weighted by molar-refractivity contribution is 0.411. The number of para-hydroxylation sites is 2. The SMILES string of the molecule is CNCCCN1c2ccccc2N(c2ccc(OC)cc2F)S1(=O)=O. The monoisotopic (exact) mass is 365 g/mol. The fraction of sp³-hybridized carbons (Fsp3) is 0.294. The Bertz CT molecular complexity index is 873. The van der Waals surface area contributed by atoms with Crippen molar-refractivity contribution in [2.45, 2.75) is 6.42 Å². The minimum Gasteiger partial charge on any atom is -0.497 e. The summed E-state index contributed by atoms with van der Waals surface area (Å²) < 4.78 is 48.1. The maximum atomic E-state index is 14.5. The smallest absolute Gasteiger partial charge is 0.331 e. The number of methoxy groups -OCH3 is 1. The summed E-state index contributed by atoms with van der Waals surface area (Å²) >= 11 is 0. The van der Waals surface area contributed by atoms with Crippen LogP contribution < -0.4 is 18.7 Å². The third kappa shape index (κ3) is 3.03. The van der Waals surface area contributed by atoms with Crippen LogP contribution in [0.25, 0.3) is 0 Å². The Morgan fingerprint density at radius 2 is 1.84 bits per heavy atom. The third-order valence-corrected chi connectivity index (χ3v) is 5.83. The molecular weight excluding hydrogens is 345 g/mol. The van der Waals surface area contributed by atoms with Crippen molar-refractivity contribution >= 4 is 27.3 Å². The number of hydrogen-bond donors (Lipinski definition) is 1. The number of rotatable bonds is 6. The van der Waals surface area contributed by atoms with E-state index in [9.17, 15) is 12.8 Å². The molecule has 0 aliphatic carbocycles. The Morgan fingerprint density at radius 3 is 2.48 bits per heavy atom. The largest absolute Gasteiger partial charge is 0.497 e. The van der Waals surface area contributed by atoms with E-state index in [4.69, 9.17) is 4.74 Å². The predicted octanol–water partition coefficient (Wildman–Crippen LogP) is 2.65. The van der Waals surface area contributed by atoms with Crippen molar-refractivity contribution in [3.05, 3.63) is 48.3 Å². The molecule has 1 aliphatic heterocycles. The molecule has 2 aromatic carbocycles. The summed E-state index contributed by atoms with van der Waals surface area (Å²) in [6.07, 6.45) is 0.642. The van der Waals surface area contributed by atoms with Gasteiger partial charge in [-0.1, -0.05) is 12.1 Å². The van der Waals surface area contributed by atoms with E-state index >= 15 is 0 Å². The lowest BCUT2D eigenvalue weighted by Crippen LogP contribution is -2.37. The second kappa shape index (κ2) is 6.89. The Labute approximate surface area is 147 Å². The summed E-state index contributed by atoms with van der Waals surface area (Å²) in [7, 11) is -0.663. The highest BCUT2D eigenvalue weighted by Gasteiger charge is 2.41. The van der Waals surface area contributed by atoms with Crippen molar-refractivity contribution in [2.24, 2.45) is 0 Å². The van der Waals surface area contributed by atoms with E-state index in [-0.39, 0.29) is 5.69 Å². The molecule has 0 amide bonds. The van der Waals surface area contributed by atoms with Crippen LogP contribution >= 0.6 is 0 Å². The molecule has 0 unspecified atom stereocenters. The number of nitrogens with one attached hydrogen (secondary N) is 1. The van der Waals surface area contributed by atoms with Gasteiger partial charge in [-0.15, -0.1) is 0 Å². The molecule has 3 rings (SSSR count). The second-order valence-electron chi connectivity index (χ2n) is 5.61. The van der Waals surface area contributed by atoms with Gasteiger partial charge in [-0.2, -0.15) is 8.42 Å². The normalized spacial score (nSPS) is 15.3. The second-order valence-corrected chi connectivity index (χ2v) is 7.31. The molecule has 1 aliphatic rings. The summed E-state index contributed by atoms with van der Waals surface area (Å²) in [4.78, 5) is 0. The molecule has 0 radical (unpaired) electrons. The standard InChI is InChI=1S/C17H20FN3O3S/c1-19-10-5-11-20-16-6-3-4-7-17(16)21(25(20,22)23)15-9-8-13(24-2)12-14(15)18/h3-4,6-9,12,19H,5,10-11H2,1-2H3. The van der Waals surface area contributed by atoms with E-state index in [0.29, 0.717) is 36.6 Å². The third-order valence-electron chi connectivity index (χ3n) is 4.04. The molecule has 1 heterocycles. The number of benzene rings is 2. The minimum absolute atomic E-state index is 0.0237. The fourth-order valence-electron chi connectivity index (χ4n) is 2.86. The molecule has 2 aromatic rings. The molecule has 0 aromatic heterocycles. The first kappa shape index (κ1) is 17.5. The van der Waals surface area contributed by atoms with E-state index in [1.807, 2.05) is 7.05 Å². The summed E-state index contributed by atoms with van der Waals surface area (Å²) in [6, 6.07) is 11.0. The van der Waals surface area contributed by atoms with E-state index in [2.05, 4.69) is 5.32 Å². The first-order valence-corrected chi connectivity index (χ1v) is 9.30. The Hall–Kier alpha value is -2.32. The van der Waals surface area contributed by atoms with Crippen molar-refractivity contribution in [3.63, 3.8) is 0 Å². The summed E-state index contributed by atoms with van der Waals surface area (Å²) in [5.74, 6) is -0.327. The summed E-state index contributed by atoms with van der Waals surface area (Å²) in [6.45, 7) is 1.000. The maximum absolute atomic E-state index is 14.5. The highest BCUT2D eigenvalue weighted by Crippen LogP contribution is 2.46. The summed E-state index contributed by atoms with van der Waals surface area (Å²) in [5.41, 5.74) is 0.967. The molecule has 8 heteroatoms. The first-order chi connectivity index (χ1) is 12.0. The molecule has 1 N–H and O–H groups in total. The van der Waals surface area contributed by atoms with Crippen LogP contribution in [0.3, 0.4) is 0 Å². The van der Waals surface area contributed by atoms with Gasteiger partial charge in [-0.05, 0) is 44.3 Å². The van der Waals surface area contributed by atoms with E-state index in [1.54, 1.807) is 30.3 Å². The van der Waals surface area contributed by atoms with E-state index < -0.39 is 16.0 Å². The van der Waals surface area contributed by atoms with Gasteiger partial charge >= 0.3 is 10.2 Å². The number of halogens is 1. The zero-order chi connectivity index (χ0) is 18.0. The highest BCUT2D eigenvalue weighted by molar-refractivity contribution is 7.95. The molecular formula is C17H20FN3O3S. The number of nitrogens with zero attached hydrogens (tertiary/aromatic N) is 2. The van der Waals surface area contributed by atoms with Gasteiger partial charge in [0.15, 0.2) is 5.82 Å². The van der Waals surface area contributed by atoms with Gasteiger partial charge in [0.2, 0.25) is 0 Å². The maximum Gasteiger partial charge on any atom is 0.331 e.